The average Bonchev–Trinajstić information content (AvgIpc) is 2.91. The molecule has 0 amide bonds. The van der Waals surface area contributed by atoms with Crippen molar-refractivity contribution in [1.82, 2.24) is 0 Å². The molecule has 1 heterocycles. The van der Waals surface area contributed by atoms with Gasteiger partial charge >= 0.3 is 0 Å². The number of nitrogens with two attached hydrogens (primary N) is 1. The van der Waals surface area contributed by atoms with Crippen LogP contribution < -0.4 is 5.73 Å². The first-order chi connectivity index (χ1) is 9.38. The molecule has 0 radical (unpaired) electrons. The summed E-state index contributed by atoms with van der Waals surface area (Å²) in [5.41, 5.74) is 6.47. The molecule has 0 aliphatic heterocycles. The highest BCUT2D eigenvalue weighted by atomic mass is 32.2. The molecule has 1 aromatic heterocycles. The van der Waals surface area contributed by atoms with Gasteiger partial charge in [0.05, 0.1) is 17.2 Å². The highest BCUT2D eigenvalue weighted by molar-refractivity contribution is 7.85. The lowest BCUT2D eigenvalue weighted by molar-refractivity contribution is 0.0933. The van der Waals surface area contributed by atoms with Crippen molar-refractivity contribution in [2.75, 3.05) is 0 Å². The standard InChI is InChI=1S/C13H13NO5S/c14-11(13(15)12-2-1-7-19-12)8-9-3-5-10(6-4-9)20(16,17)18/h1-7,11H,8,14H2,(H,16,17,18). The fraction of sp³-hybridized carbons (Fsp3) is 0.154. The molecule has 0 fully saturated rings. The summed E-state index contributed by atoms with van der Waals surface area (Å²) in [5.74, 6) is -0.138. The van der Waals surface area contributed by atoms with E-state index in [4.69, 9.17) is 14.7 Å². The van der Waals surface area contributed by atoms with Crippen molar-refractivity contribution in [2.24, 2.45) is 5.73 Å². The molecule has 1 unspecified atom stereocenters. The van der Waals surface area contributed by atoms with Gasteiger partial charge in [0.15, 0.2) is 5.76 Å². The number of ketones is 1. The van der Waals surface area contributed by atoms with E-state index in [1.54, 1.807) is 6.07 Å². The number of furan rings is 1. The smallest absolute Gasteiger partial charge is 0.294 e. The number of hydrogen-bond donors (Lipinski definition) is 2. The molecule has 106 valence electrons. The molecule has 2 rings (SSSR count). The van der Waals surface area contributed by atoms with Crippen LogP contribution in [0.2, 0.25) is 0 Å². The monoisotopic (exact) mass is 295 g/mol. The first kappa shape index (κ1) is 14.4. The zero-order chi connectivity index (χ0) is 14.8. The van der Waals surface area contributed by atoms with Gasteiger partial charge in [-0.3, -0.25) is 9.35 Å². The number of Topliss-reactive ketones (excluding diaryl/α,β-unsaturated/α-hetero) is 1. The Bertz CT molecular complexity index is 689. The van der Waals surface area contributed by atoms with Gasteiger partial charge in [0, 0.05) is 0 Å². The third-order valence-electron chi connectivity index (χ3n) is 2.78. The SMILES string of the molecule is NC(Cc1ccc(S(=O)(=O)O)cc1)C(=O)c1ccco1. The van der Waals surface area contributed by atoms with Crippen molar-refractivity contribution in [3.05, 3.63) is 54.0 Å². The Morgan fingerprint density at radius 3 is 2.40 bits per heavy atom. The molecule has 2 aromatic rings. The molecule has 1 aromatic carbocycles. The van der Waals surface area contributed by atoms with E-state index in [-0.39, 0.29) is 22.9 Å². The summed E-state index contributed by atoms with van der Waals surface area (Å²) in [4.78, 5) is 11.7. The fourth-order valence-electron chi connectivity index (χ4n) is 1.75. The van der Waals surface area contributed by atoms with Gasteiger partial charge < -0.3 is 10.2 Å². The lowest BCUT2D eigenvalue weighted by atomic mass is 10.0. The van der Waals surface area contributed by atoms with Crippen LogP contribution in [0.3, 0.4) is 0 Å². The van der Waals surface area contributed by atoms with E-state index >= 15 is 0 Å². The maximum Gasteiger partial charge on any atom is 0.294 e. The maximum absolute atomic E-state index is 11.9. The van der Waals surface area contributed by atoms with Crippen molar-refractivity contribution in [3.63, 3.8) is 0 Å². The minimum Gasteiger partial charge on any atom is -0.461 e. The summed E-state index contributed by atoms with van der Waals surface area (Å²) in [7, 11) is -4.21. The highest BCUT2D eigenvalue weighted by Gasteiger charge is 2.19. The molecular formula is C13H13NO5S. The Labute approximate surface area is 116 Å². The van der Waals surface area contributed by atoms with Gasteiger partial charge in [-0.05, 0) is 36.2 Å². The summed E-state index contributed by atoms with van der Waals surface area (Å²) in [5, 5.41) is 0. The molecule has 6 nitrogen and oxygen atoms in total. The molecular weight excluding hydrogens is 282 g/mol. The summed E-state index contributed by atoms with van der Waals surface area (Å²) < 4.78 is 35.6. The Hall–Kier alpha value is -1.96. The number of carbonyl (C=O) groups is 1. The summed E-state index contributed by atoms with van der Waals surface area (Å²) in [6, 6.07) is 7.86. The molecule has 0 aliphatic rings. The molecule has 0 bridgehead atoms. The van der Waals surface area contributed by atoms with Crippen LogP contribution in [-0.4, -0.2) is 24.8 Å². The van der Waals surface area contributed by atoms with Gasteiger partial charge in [0.1, 0.15) is 0 Å². The fourth-order valence-corrected chi connectivity index (χ4v) is 2.23. The Morgan fingerprint density at radius 2 is 1.90 bits per heavy atom. The minimum absolute atomic E-state index is 0.187. The van der Waals surface area contributed by atoms with Crippen LogP contribution in [0, 0.1) is 0 Å². The van der Waals surface area contributed by atoms with Crippen molar-refractivity contribution < 1.29 is 22.2 Å². The van der Waals surface area contributed by atoms with Crippen LogP contribution in [0.15, 0.2) is 52.0 Å². The zero-order valence-corrected chi connectivity index (χ0v) is 11.2. The van der Waals surface area contributed by atoms with Gasteiger partial charge in [0.25, 0.3) is 10.1 Å². The molecule has 0 saturated carbocycles. The van der Waals surface area contributed by atoms with Crippen LogP contribution in [0.25, 0.3) is 0 Å². The van der Waals surface area contributed by atoms with Crippen molar-refractivity contribution in [1.29, 1.82) is 0 Å². The van der Waals surface area contributed by atoms with Crippen molar-refractivity contribution in [3.8, 4) is 0 Å². The summed E-state index contributed by atoms with van der Waals surface area (Å²) >= 11 is 0. The first-order valence-corrected chi connectivity index (χ1v) is 7.21. The second kappa shape index (κ2) is 5.58. The van der Waals surface area contributed by atoms with Gasteiger partial charge in [-0.25, -0.2) is 0 Å². The number of carbonyl (C=O) groups excluding carboxylic acids is 1. The predicted octanol–water partition coefficient (Wildman–Crippen LogP) is 1.28. The van der Waals surface area contributed by atoms with E-state index in [9.17, 15) is 13.2 Å². The normalized spacial score (nSPS) is 13.1. The first-order valence-electron chi connectivity index (χ1n) is 5.77. The second-order valence-electron chi connectivity index (χ2n) is 4.27. The topological polar surface area (TPSA) is 111 Å². The Kier molecular flexibility index (Phi) is 4.03. The largest absolute Gasteiger partial charge is 0.461 e. The number of benzene rings is 1. The molecule has 7 heteroatoms. The van der Waals surface area contributed by atoms with Crippen LogP contribution in [0.1, 0.15) is 16.1 Å². The van der Waals surface area contributed by atoms with E-state index in [1.165, 1.54) is 36.6 Å². The van der Waals surface area contributed by atoms with Crippen LogP contribution >= 0.6 is 0 Å². The molecule has 1 atom stereocenters. The number of rotatable bonds is 5. The van der Waals surface area contributed by atoms with E-state index < -0.39 is 16.2 Å². The van der Waals surface area contributed by atoms with E-state index in [2.05, 4.69) is 0 Å². The average molecular weight is 295 g/mol. The summed E-state index contributed by atoms with van der Waals surface area (Å²) in [6.07, 6.45) is 1.63. The van der Waals surface area contributed by atoms with Gasteiger partial charge in [-0.1, -0.05) is 12.1 Å². The lowest BCUT2D eigenvalue weighted by Gasteiger charge is -2.09. The molecule has 0 aliphatic carbocycles. The second-order valence-corrected chi connectivity index (χ2v) is 5.69. The predicted molar refractivity (Wildman–Crippen MR) is 71.0 cm³/mol. The van der Waals surface area contributed by atoms with Gasteiger partial charge in [0.2, 0.25) is 5.78 Å². The minimum atomic E-state index is -4.21. The van der Waals surface area contributed by atoms with E-state index in [1.807, 2.05) is 0 Å². The zero-order valence-electron chi connectivity index (χ0n) is 10.4. The molecule has 0 spiro atoms. The third kappa shape index (κ3) is 3.32. The Morgan fingerprint density at radius 1 is 1.25 bits per heavy atom. The highest BCUT2D eigenvalue weighted by Crippen LogP contribution is 2.13. The van der Waals surface area contributed by atoms with Crippen LogP contribution in [-0.2, 0) is 16.5 Å². The number of hydrogen-bond acceptors (Lipinski definition) is 5. The van der Waals surface area contributed by atoms with Gasteiger partial charge in [-0.15, -0.1) is 0 Å². The van der Waals surface area contributed by atoms with Crippen molar-refractivity contribution >= 4 is 15.9 Å². The van der Waals surface area contributed by atoms with E-state index in [0.29, 0.717) is 5.56 Å². The van der Waals surface area contributed by atoms with E-state index in [0.717, 1.165) is 0 Å². The van der Waals surface area contributed by atoms with Gasteiger partial charge in [-0.2, -0.15) is 8.42 Å². The molecule has 0 saturated heterocycles. The van der Waals surface area contributed by atoms with Crippen LogP contribution in [0.5, 0.6) is 0 Å². The Balaban J connectivity index is 2.09. The molecule has 20 heavy (non-hydrogen) atoms. The maximum atomic E-state index is 11.9. The van der Waals surface area contributed by atoms with Crippen molar-refractivity contribution in [2.45, 2.75) is 17.4 Å². The third-order valence-corrected chi connectivity index (χ3v) is 3.65. The summed E-state index contributed by atoms with van der Waals surface area (Å²) in [6.45, 7) is 0. The quantitative estimate of drug-likeness (QED) is 0.635. The van der Waals surface area contributed by atoms with Crippen LogP contribution in [0.4, 0.5) is 0 Å². The molecule has 3 N–H and O–H groups in total. The lowest BCUT2D eigenvalue weighted by Crippen LogP contribution is -2.32.